The van der Waals surface area contributed by atoms with E-state index in [0.717, 1.165) is 5.56 Å². The van der Waals surface area contributed by atoms with E-state index in [1.807, 2.05) is 12.1 Å². The monoisotopic (exact) mass is 223 g/mol. The summed E-state index contributed by atoms with van der Waals surface area (Å²) < 4.78 is 5.19. The number of carbonyl (C=O) groups is 1. The zero-order valence-electron chi connectivity index (χ0n) is 9.64. The highest BCUT2D eigenvalue weighted by molar-refractivity contribution is 5.94. The topological polar surface area (TPSA) is 49.8 Å². The van der Waals surface area contributed by atoms with Crippen LogP contribution in [0.2, 0.25) is 0 Å². The van der Waals surface area contributed by atoms with E-state index in [1.165, 1.54) is 4.90 Å². The molecule has 1 aromatic rings. The minimum absolute atomic E-state index is 0.0102. The molecular formula is C12H17NO3. The number of amides is 1. The Hall–Kier alpha value is -1.39. The van der Waals surface area contributed by atoms with Crippen LogP contribution in [0.3, 0.4) is 0 Å². The molecule has 0 radical (unpaired) electrons. The molecule has 4 nitrogen and oxygen atoms in total. The molecule has 1 rings (SSSR count). The minimum Gasteiger partial charge on any atom is -0.394 e. The van der Waals surface area contributed by atoms with Crippen molar-refractivity contribution in [2.75, 3.05) is 27.3 Å². The average Bonchev–Trinajstić information content (AvgIpc) is 2.29. The Bertz CT molecular complexity index is 350. The van der Waals surface area contributed by atoms with E-state index < -0.39 is 0 Å². The number of nitrogens with zero attached hydrogens (tertiary/aromatic N) is 1. The van der Waals surface area contributed by atoms with E-state index in [-0.39, 0.29) is 12.5 Å². The summed E-state index contributed by atoms with van der Waals surface area (Å²) in [7, 11) is 3.44. The molecular weight excluding hydrogens is 206 g/mol. The van der Waals surface area contributed by atoms with E-state index in [4.69, 9.17) is 9.84 Å². The molecule has 0 bridgehead atoms. The summed E-state index contributed by atoms with van der Waals surface area (Å²) in [5.74, 6) is -0.0241. The number of ether oxygens (including phenoxy) is 1. The number of hydrogen-bond donors (Lipinski definition) is 1. The normalized spacial score (nSPS) is 10.2. The lowest BCUT2D eigenvalue weighted by Gasteiger charge is -2.11. The molecule has 1 amide bonds. The first-order chi connectivity index (χ1) is 7.65. The predicted octanol–water partition coefficient (Wildman–Crippen LogP) is 0.897. The molecule has 16 heavy (non-hydrogen) atoms. The number of benzene rings is 1. The molecule has 1 aromatic carbocycles. The van der Waals surface area contributed by atoms with E-state index in [1.54, 1.807) is 26.2 Å². The summed E-state index contributed by atoms with van der Waals surface area (Å²) in [6.45, 7) is 0.733. The number of aliphatic hydroxyl groups is 1. The maximum absolute atomic E-state index is 11.7. The van der Waals surface area contributed by atoms with Crippen molar-refractivity contribution < 1.29 is 14.6 Å². The average molecular weight is 223 g/mol. The molecule has 0 aliphatic rings. The van der Waals surface area contributed by atoms with Gasteiger partial charge in [-0.25, -0.2) is 0 Å². The van der Waals surface area contributed by atoms with Gasteiger partial charge in [-0.2, -0.15) is 0 Å². The van der Waals surface area contributed by atoms with Crippen LogP contribution < -0.4 is 0 Å². The fraction of sp³-hybridized carbons (Fsp3) is 0.417. The Morgan fingerprint density at radius 2 is 2.19 bits per heavy atom. The second-order valence-corrected chi connectivity index (χ2v) is 3.68. The highest BCUT2D eigenvalue weighted by Gasteiger charge is 2.07. The standard InChI is InChI=1S/C12H17NO3/c1-13(2)12(15)11-5-3-4-10(8-11)9-16-7-6-14/h3-5,8,14H,6-7,9H2,1-2H3. The second kappa shape index (κ2) is 6.25. The van der Waals surface area contributed by atoms with Gasteiger partial charge in [0.2, 0.25) is 0 Å². The van der Waals surface area contributed by atoms with Crippen LogP contribution in [0, 0.1) is 0 Å². The summed E-state index contributed by atoms with van der Waals surface area (Å²) in [4.78, 5) is 13.2. The van der Waals surface area contributed by atoms with Gasteiger partial charge in [-0.3, -0.25) is 4.79 Å². The van der Waals surface area contributed by atoms with Crippen LogP contribution in [0.25, 0.3) is 0 Å². The first kappa shape index (κ1) is 12.7. The Labute approximate surface area is 95.5 Å². The van der Waals surface area contributed by atoms with Gasteiger partial charge in [0.15, 0.2) is 0 Å². The van der Waals surface area contributed by atoms with Gasteiger partial charge < -0.3 is 14.7 Å². The van der Waals surface area contributed by atoms with Gasteiger partial charge in [-0.1, -0.05) is 12.1 Å². The Kier molecular flexibility index (Phi) is 4.95. The lowest BCUT2D eigenvalue weighted by molar-refractivity contribution is 0.0804. The summed E-state index contributed by atoms with van der Waals surface area (Å²) in [5, 5.41) is 8.57. The van der Waals surface area contributed by atoms with E-state index in [9.17, 15) is 4.79 Å². The molecule has 0 atom stereocenters. The lowest BCUT2D eigenvalue weighted by atomic mass is 10.1. The molecule has 0 heterocycles. The Balaban J connectivity index is 2.67. The summed E-state index contributed by atoms with van der Waals surface area (Å²) >= 11 is 0. The van der Waals surface area contributed by atoms with Crippen molar-refractivity contribution in [2.24, 2.45) is 0 Å². The number of carbonyl (C=O) groups excluding carboxylic acids is 1. The summed E-state index contributed by atoms with van der Waals surface area (Å²) in [5.41, 5.74) is 1.58. The van der Waals surface area contributed by atoms with Crippen LogP contribution in [0.1, 0.15) is 15.9 Å². The highest BCUT2D eigenvalue weighted by Crippen LogP contribution is 2.08. The van der Waals surface area contributed by atoms with Crippen molar-refractivity contribution >= 4 is 5.91 Å². The molecule has 0 aromatic heterocycles. The molecule has 0 aliphatic heterocycles. The molecule has 4 heteroatoms. The molecule has 0 aliphatic carbocycles. The lowest BCUT2D eigenvalue weighted by Crippen LogP contribution is -2.21. The molecule has 0 saturated heterocycles. The van der Waals surface area contributed by atoms with Crippen LogP contribution in [-0.4, -0.2) is 43.2 Å². The van der Waals surface area contributed by atoms with Crippen molar-refractivity contribution in [3.8, 4) is 0 Å². The Morgan fingerprint density at radius 3 is 2.81 bits per heavy atom. The zero-order chi connectivity index (χ0) is 12.0. The van der Waals surface area contributed by atoms with Crippen LogP contribution in [0.4, 0.5) is 0 Å². The molecule has 0 saturated carbocycles. The van der Waals surface area contributed by atoms with Crippen molar-refractivity contribution in [2.45, 2.75) is 6.61 Å². The summed E-state index contributed by atoms with van der Waals surface area (Å²) in [6.07, 6.45) is 0. The zero-order valence-corrected chi connectivity index (χ0v) is 9.64. The first-order valence-electron chi connectivity index (χ1n) is 5.14. The van der Waals surface area contributed by atoms with Gasteiger partial charge in [0.05, 0.1) is 19.8 Å². The molecule has 0 spiro atoms. The van der Waals surface area contributed by atoms with Gasteiger partial charge in [0, 0.05) is 19.7 Å². The van der Waals surface area contributed by atoms with Crippen LogP contribution >= 0.6 is 0 Å². The molecule has 88 valence electrons. The van der Waals surface area contributed by atoms with Crippen LogP contribution in [-0.2, 0) is 11.3 Å². The predicted molar refractivity (Wildman–Crippen MR) is 61.2 cm³/mol. The second-order valence-electron chi connectivity index (χ2n) is 3.68. The van der Waals surface area contributed by atoms with Gasteiger partial charge >= 0.3 is 0 Å². The van der Waals surface area contributed by atoms with Crippen molar-refractivity contribution in [1.82, 2.24) is 4.90 Å². The number of rotatable bonds is 5. The van der Waals surface area contributed by atoms with Gasteiger partial charge in [0.1, 0.15) is 0 Å². The Morgan fingerprint density at radius 1 is 1.44 bits per heavy atom. The van der Waals surface area contributed by atoms with Gasteiger partial charge in [-0.05, 0) is 17.7 Å². The number of aliphatic hydroxyl groups excluding tert-OH is 1. The van der Waals surface area contributed by atoms with Gasteiger partial charge in [0.25, 0.3) is 5.91 Å². The van der Waals surface area contributed by atoms with E-state index in [0.29, 0.717) is 18.8 Å². The molecule has 1 N–H and O–H groups in total. The fourth-order valence-electron chi connectivity index (χ4n) is 1.31. The maximum atomic E-state index is 11.7. The quantitative estimate of drug-likeness (QED) is 0.754. The molecule has 0 unspecified atom stereocenters. The van der Waals surface area contributed by atoms with Crippen molar-refractivity contribution in [3.63, 3.8) is 0 Å². The van der Waals surface area contributed by atoms with E-state index in [2.05, 4.69) is 0 Å². The molecule has 0 fully saturated rings. The SMILES string of the molecule is CN(C)C(=O)c1cccc(COCCO)c1. The van der Waals surface area contributed by atoms with Crippen molar-refractivity contribution in [1.29, 1.82) is 0 Å². The third-order valence-electron chi connectivity index (χ3n) is 2.08. The fourth-order valence-corrected chi connectivity index (χ4v) is 1.31. The van der Waals surface area contributed by atoms with Crippen molar-refractivity contribution in [3.05, 3.63) is 35.4 Å². The largest absolute Gasteiger partial charge is 0.394 e. The number of hydrogen-bond acceptors (Lipinski definition) is 3. The third-order valence-corrected chi connectivity index (χ3v) is 2.08. The highest BCUT2D eigenvalue weighted by atomic mass is 16.5. The first-order valence-corrected chi connectivity index (χ1v) is 5.14. The maximum Gasteiger partial charge on any atom is 0.253 e. The van der Waals surface area contributed by atoms with Crippen LogP contribution in [0.5, 0.6) is 0 Å². The van der Waals surface area contributed by atoms with E-state index >= 15 is 0 Å². The van der Waals surface area contributed by atoms with Gasteiger partial charge in [-0.15, -0.1) is 0 Å². The van der Waals surface area contributed by atoms with Crippen LogP contribution in [0.15, 0.2) is 24.3 Å². The minimum atomic E-state index is -0.0241. The third kappa shape index (κ3) is 3.64. The summed E-state index contributed by atoms with van der Waals surface area (Å²) in [6, 6.07) is 7.30. The smallest absolute Gasteiger partial charge is 0.253 e.